The number of hydrogen-bond acceptors (Lipinski definition) is 2. The van der Waals surface area contributed by atoms with Gasteiger partial charge in [0.1, 0.15) is 11.3 Å². The first kappa shape index (κ1) is 11.2. The molecule has 1 rings (SSSR count). The quantitative estimate of drug-likeness (QED) is 0.622. The van der Waals surface area contributed by atoms with Crippen molar-refractivity contribution in [2.75, 3.05) is 0 Å². The van der Waals surface area contributed by atoms with Gasteiger partial charge in [-0.1, -0.05) is 0 Å². The minimum Gasteiger partial charge on any atom is -0.296 e. The van der Waals surface area contributed by atoms with E-state index in [4.69, 9.17) is 0 Å². The lowest BCUT2D eigenvalue weighted by atomic mass is 9.80. The van der Waals surface area contributed by atoms with Crippen LogP contribution in [0.3, 0.4) is 0 Å². The van der Waals surface area contributed by atoms with Gasteiger partial charge in [0.05, 0.1) is 0 Å². The standard InChI is InChI=1S/C11H20N2O/c1-7(2)12-9-11(5,6)10(14)13(9)8(3)4/h7-8H,1-6H3. The molecule has 0 N–H and O–H groups in total. The molecule has 0 aromatic rings. The molecule has 1 amide bonds. The molecular formula is C11H20N2O. The number of amides is 1. The number of hydrogen-bond donors (Lipinski definition) is 0. The molecular weight excluding hydrogens is 176 g/mol. The Morgan fingerprint density at radius 2 is 1.71 bits per heavy atom. The van der Waals surface area contributed by atoms with Gasteiger partial charge in [0.15, 0.2) is 0 Å². The van der Waals surface area contributed by atoms with E-state index in [1.54, 1.807) is 4.90 Å². The molecule has 0 aromatic heterocycles. The van der Waals surface area contributed by atoms with Gasteiger partial charge in [0.2, 0.25) is 5.91 Å². The third kappa shape index (κ3) is 1.56. The Morgan fingerprint density at radius 3 is 2.07 bits per heavy atom. The third-order valence-electron chi connectivity index (χ3n) is 2.44. The number of amidine groups is 1. The first-order chi connectivity index (χ1) is 6.28. The van der Waals surface area contributed by atoms with Crippen LogP contribution in [0.15, 0.2) is 4.99 Å². The molecule has 1 aliphatic heterocycles. The molecule has 0 aliphatic carbocycles. The average molecular weight is 196 g/mol. The molecule has 1 heterocycles. The first-order valence-electron chi connectivity index (χ1n) is 5.20. The number of likely N-dealkylation sites (tertiary alicyclic amines) is 1. The van der Waals surface area contributed by atoms with Gasteiger partial charge in [-0.15, -0.1) is 0 Å². The summed E-state index contributed by atoms with van der Waals surface area (Å²) < 4.78 is 0. The van der Waals surface area contributed by atoms with Gasteiger partial charge in [-0.05, 0) is 41.5 Å². The van der Waals surface area contributed by atoms with Crippen LogP contribution in [-0.4, -0.2) is 28.7 Å². The molecule has 0 radical (unpaired) electrons. The molecule has 0 bridgehead atoms. The van der Waals surface area contributed by atoms with Gasteiger partial charge in [-0.2, -0.15) is 0 Å². The molecule has 80 valence electrons. The van der Waals surface area contributed by atoms with E-state index in [1.807, 2.05) is 41.5 Å². The molecule has 3 nitrogen and oxygen atoms in total. The summed E-state index contributed by atoms with van der Waals surface area (Å²) in [6, 6.07) is 0.464. The maximum atomic E-state index is 11.8. The maximum absolute atomic E-state index is 11.8. The van der Waals surface area contributed by atoms with E-state index in [9.17, 15) is 4.79 Å². The van der Waals surface area contributed by atoms with Crippen molar-refractivity contribution in [1.29, 1.82) is 0 Å². The van der Waals surface area contributed by atoms with Gasteiger partial charge >= 0.3 is 0 Å². The highest BCUT2D eigenvalue weighted by molar-refractivity contribution is 6.23. The number of β-lactam (4-membered cyclic amide) rings is 1. The Labute approximate surface area is 86.2 Å². The number of nitrogens with zero attached hydrogens (tertiary/aromatic N) is 2. The molecule has 1 saturated heterocycles. The zero-order chi connectivity index (χ0) is 11.1. The average Bonchev–Trinajstić information content (AvgIpc) is 2.02. The van der Waals surface area contributed by atoms with Crippen LogP contribution in [0.1, 0.15) is 41.5 Å². The summed E-state index contributed by atoms with van der Waals surface area (Å²) in [5.41, 5.74) is -0.380. The largest absolute Gasteiger partial charge is 0.296 e. The number of carbonyl (C=O) groups excluding carboxylic acids is 1. The SMILES string of the molecule is CC(C)N=C1N(C(C)C)C(=O)C1(C)C. The Morgan fingerprint density at radius 1 is 1.21 bits per heavy atom. The lowest BCUT2D eigenvalue weighted by Crippen LogP contribution is -2.65. The van der Waals surface area contributed by atoms with E-state index in [0.29, 0.717) is 0 Å². The molecule has 0 saturated carbocycles. The molecule has 14 heavy (non-hydrogen) atoms. The topological polar surface area (TPSA) is 32.7 Å². The second-order valence-corrected chi connectivity index (χ2v) is 4.94. The summed E-state index contributed by atoms with van der Waals surface area (Å²) in [5, 5.41) is 0. The zero-order valence-electron chi connectivity index (χ0n) is 9.96. The number of aliphatic imine (C=N–C) groups is 1. The van der Waals surface area contributed by atoms with Crippen LogP contribution in [0.4, 0.5) is 0 Å². The van der Waals surface area contributed by atoms with E-state index in [0.717, 1.165) is 5.84 Å². The fraction of sp³-hybridized carbons (Fsp3) is 0.818. The maximum Gasteiger partial charge on any atom is 0.241 e. The summed E-state index contributed by atoms with van der Waals surface area (Å²) in [4.78, 5) is 18.1. The monoisotopic (exact) mass is 196 g/mol. The Balaban J connectivity index is 2.97. The molecule has 0 atom stereocenters. The van der Waals surface area contributed by atoms with Crippen molar-refractivity contribution in [1.82, 2.24) is 4.90 Å². The molecule has 3 heteroatoms. The Hall–Kier alpha value is -0.860. The van der Waals surface area contributed by atoms with Crippen molar-refractivity contribution in [2.45, 2.75) is 53.6 Å². The predicted octanol–water partition coefficient (Wildman–Crippen LogP) is 2.07. The van der Waals surface area contributed by atoms with Crippen molar-refractivity contribution in [3.05, 3.63) is 0 Å². The van der Waals surface area contributed by atoms with Crippen LogP contribution >= 0.6 is 0 Å². The molecule has 1 fully saturated rings. The second-order valence-electron chi connectivity index (χ2n) is 4.94. The summed E-state index contributed by atoms with van der Waals surface area (Å²) in [5.74, 6) is 1.12. The fourth-order valence-corrected chi connectivity index (χ4v) is 1.69. The number of carbonyl (C=O) groups is 1. The van der Waals surface area contributed by atoms with Crippen LogP contribution in [0, 0.1) is 5.41 Å². The molecule has 0 unspecified atom stereocenters. The Kier molecular flexibility index (Phi) is 2.70. The zero-order valence-corrected chi connectivity index (χ0v) is 9.96. The van der Waals surface area contributed by atoms with Crippen LogP contribution in [0.25, 0.3) is 0 Å². The van der Waals surface area contributed by atoms with E-state index in [-0.39, 0.29) is 23.4 Å². The minimum absolute atomic E-state index is 0.187. The van der Waals surface area contributed by atoms with Gasteiger partial charge in [-0.3, -0.25) is 14.7 Å². The highest BCUT2D eigenvalue weighted by atomic mass is 16.2. The normalized spacial score (nSPS) is 23.6. The van der Waals surface area contributed by atoms with Crippen LogP contribution < -0.4 is 0 Å². The van der Waals surface area contributed by atoms with E-state index < -0.39 is 0 Å². The van der Waals surface area contributed by atoms with Crippen molar-refractivity contribution in [2.24, 2.45) is 10.4 Å². The van der Waals surface area contributed by atoms with Crippen LogP contribution in [0.2, 0.25) is 0 Å². The number of rotatable bonds is 2. The highest BCUT2D eigenvalue weighted by Gasteiger charge is 2.52. The molecule has 0 spiro atoms. The summed E-state index contributed by atoms with van der Waals surface area (Å²) in [6.45, 7) is 12.0. The van der Waals surface area contributed by atoms with Gasteiger partial charge < -0.3 is 0 Å². The lowest BCUT2D eigenvalue weighted by molar-refractivity contribution is -0.141. The van der Waals surface area contributed by atoms with Crippen LogP contribution in [-0.2, 0) is 4.79 Å². The summed E-state index contributed by atoms with van der Waals surface area (Å²) in [7, 11) is 0. The summed E-state index contributed by atoms with van der Waals surface area (Å²) in [6.07, 6.45) is 0. The van der Waals surface area contributed by atoms with Gasteiger partial charge in [0.25, 0.3) is 0 Å². The second kappa shape index (κ2) is 3.37. The smallest absolute Gasteiger partial charge is 0.241 e. The third-order valence-corrected chi connectivity index (χ3v) is 2.44. The van der Waals surface area contributed by atoms with Crippen molar-refractivity contribution >= 4 is 11.7 Å². The Bertz CT molecular complexity index is 277. The van der Waals surface area contributed by atoms with Crippen LogP contribution in [0.5, 0.6) is 0 Å². The molecule has 1 aliphatic rings. The summed E-state index contributed by atoms with van der Waals surface area (Å²) >= 11 is 0. The lowest BCUT2D eigenvalue weighted by Gasteiger charge is -2.48. The fourth-order valence-electron chi connectivity index (χ4n) is 1.69. The highest BCUT2D eigenvalue weighted by Crippen LogP contribution is 2.35. The molecule has 0 aromatic carbocycles. The van der Waals surface area contributed by atoms with Crippen molar-refractivity contribution in [3.8, 4) is 0 Å². The first-order valence-corrected chi connectivity index (χ1v) is 5.20. The van der Waals surface area contributed by atoms with Crippen molar-refractivity contribution in [3.63, 3.8) is 0 Å². The van der Waals surface area contributed by atoms with Gasteiger partial charge in [0, 0.05) is 12.1 Å². The van der Waals surface area contributed by atoms with Crippen molar-refractivity contribution < 1.29 is 4.79 Å². The van der Waals surface area contributed by atoms with Gasteiger partial charge in [-0.25, -0.2) is 0 Å². The van der Waals surface area contributed by atoms with E-state index >= 15 is 0 Å². The van der Waals surface area contributed by atoms with E-state index in [1.165, 1.54) is 0 Å². The predicted molar refractivity (Wildman–Crippen MR) is 58.3 cm³/mol. The minimum atomic E-state index is -0.380. The van der Waals surface area contributed by atoms with E-state index in [2.05, 4.69) is 4.99 Å².